The van der Waals surface area contributed by atoms with Gasteiger partial charge in [0, 0.05) is 0 Å². The van der Waals surface area contributed by atoms with Gasteiger partial charge in [-0.15, -0.1) is 0 Å². The molecule has 0 aliphatic heterocycles. The van der Waals surface area contributed by atoms with Crippen molar-refractivity contribution in [2.45, 2.75) is 32.4 Å². The van der Waals surface area contributed by atoms with E-state index >= 15 is 0 Å². The third-order valence-corrected chi connectivity index (χ3v) is 1.75. The van der Waals surface area contributed by atoms with Gasteiger partial charge in [-0.05, 0) is 20.8 Å². The Morgan fingerprint density at radius 3 is 2.31 bits per heavy atom. The topological polar surface area (TPSA) is 114 Å². The molecule has 0 aliphatic rings. The summed E-state index contributed by atoms with van der Waals surface area (Å²) in [5, 5.41) is 14.0. The van der Waals surface area contributed by atoms with Crippen LogP contribution in [0.5, 0.6) is 0 Å². The minimum absolute atomic E-state index is 0.00863. The van der Waals surface area contributed by atoms with E-state index in [1.807, 2.05) is 0 Å². The molecule has 0 fully saturated rings. The highest BCUT2D eigenvalue weighted by Crippen LogP contribution is 2.02. The number of primary amides is 1. The van der Waals surface area contributed by atoms with Gasteiger partial charge in [-0.25, -0.2) is 0 Å². The van der Waals surface area contributed by atoms with Crippen LogP contribution >= 0.6 is 0 Å². The minimum Gasteiger partial charge on any atom is -0.409 e. The summed E-state index contributed by atoms with van der Waals surface area (Å²) in [5.74, 6) is -0.487. The molecule has 0 saturated carbocycles. The molecule has 0 saturated heterocycles. The fourth-order valence-corrected chi connectivity index (χ4v) is 0.773. The number of carbonyl (C=O) groups is 1. The van der Waals surface area contributed by atoms with Crippen LogP contribution < -0.4 is 16.8 Å². The minimum atomic E-state index is -0.880. The first-order chi connectivity index (χ1) is 5.81. The fourth-order valence-electron chi connectivity index (χ4n) is 0.773. The average molecular weight is 188 g/mol. The van der Waals surface area contributed by atoms with Crippen molar-refractivity contribution >= 4 is 11.7 Å². The number of nitrogens with one attached hydrogen (secondary N) is 1. The van der Waals surface area contributed by atoms with E-state index in [0.717, 1.165) is 0 Å². The van der Waals surface area contributed by atoms with Crippen LogP contribution in [0.4, 0.5) is 0 Å². The lowest BCUT2D eigenvalue weighted by Crippen LogP contribution is -2.56. The molecule has 1 amide bonds. The molecule has 0 aromatic carbocycles. The maximum absolute atomic E-state index is 10.9. The Labute approximate surface area is 77.0 Å². The molecule has 6 nitrogen and oxygen atoms in total. The van der Waals surface area contributed by atoms with Crippen molar-refractivity contribution in [1.82, 2.24) is 5.32 Å². The lowest BCUT2D eigenvalue weighted by atomic mass is 10.0. The van der Waals surface area contributed by atoms with E-state index in [4.69, 9.17) is 16.7 Å². The summed E-state index contributed by atoms with van der Waals surface area (Å²) in [6, 6.07) is -0.410. The van der Waals surface area contributed by atoms with Gasteiger partial charge in [-0.3, -0.25) is 10.1 Å². The Balaban J connectivity index is 4.36. The molecule has 0 heterocycles. The summed E-state index contributed by atoms with van der Waals surface area (Å²) >= 11 is 0. The van der Waals surface area contributed by atoms with Crippen LogP contribution in [0.1, 0.15) is 20.8 Å². The van der Waals surface area contributed by atoms with Crippen molar-refractivity contribution < 1.29 is 10.0 Å². The normalized spacial score (nSPS) is 15.5. The summed E-state index contributed by atoms with van der Waals surface area (Å²) in [6.45, 7) is 4.91. The van der Waals surface area contributed by atoms with Gasteiger partial charge in [-0.2, -0.15) is 0 Å². The van der Waals surface area contributed by atoms with Crippen molar-refractivity contribution in [1.29, 1.82) is 0 Å². The zero-order valence-electron chi connectivity index (χ0n) is 8.03. The predicted octanol–water partition coefficient (Wildman–Crippen LogP) is -1.03. The van der Waals surface area contributed by atoms with Crippen molar-refractivity contribution in [2.75, 3.05) is 0 Å². The maximum atomic E-state index is 10.9. The molecule has 13 heavy (non-hydrogen) atoms. The summed E-state index contributed by atoms with van der Waals surface area (Å²) < 4.78 is 0. The fraction of sp³-hybridized carbons (Fsp3) is 0.714. The van der Waals surface area contributed by atoms with Crippen LogP contribution in [0.3, 0.4) is 0 Å². The molecule has 0 bridgehead atoms. The van der Waals surface area contributed by atoms with E-state index in [9.17, 15) is 4.79 Å². The number of carbonyl (C=O) groups excluding carboxylic acids is 1. The average Bonchev–Trinajstić information content (AvgIpc) is 2.01. The molecule has 1 atom stereocenters. The van der Waals surface area contributed by atoms with Crippen molar-refractivity contribution in [3.05, 3.63) is 0 Å². The molecular weight excluding hydrogens is 172 g/mol. The zero-order chi connectivity index (χ0) is 10.6. The number of hydrogen-bond acceptors (Lipinski definition) is 4. The van der Waals surface area contributed by atoms with Crippen LogP contribution in [0.25, 0.3) is 0 Å². The van der Waals surface area contributed by atoms with Gasteiger partial charge < -0.3 is 16.7 Å². The van der Waals surface area contributed by atoms with Gasteiger partial charge in [0.25, 0.3) is 0 Å². The van der Waals surface area contributed by atoms with E-state index in [0.29, 0.717) is 0 Å². The lowest BCUT2D eigenvalue weighted by molar-refractivity contribution is -0.123. The van der Waals surface area contributed by atoms with Gasteiger partial charge >= 0.3 is 0 Å². The monoisotopic (exact) mass is 188 g/mol. The Hall–Kier alpha value is -1.30. The highest BCUT2D eigenvalue weighted by Gasteiger charge is 2.27. The second-order valence-electron chi connectivity index (χ2n) is 3.38. The van der Waals surface area contributed by atoms with E-state index in [1.165, 1.54) is 0 Å². The summed E-state index contributed by atoms with van der Waals surface area (Å²) in [7, 11) is 0. The smallest absolute Gasteiger partial charge is 0.237 e. The molecule has 0 aromatic heterocycles. The number of amides is 1. The van der Waals surface area contributed by atoms with Crippen LogP contribution in [0, 0.1) is 0 Å². The van der Waals surface area contributed by atoms with Crippen molar-refractivity contribution in [2.24, 2.45) is 16.6 Å². The third kappa shape index (κ3) is 3.29. The van der Waals surface area contributed by atoms with Gasteiger partial charge in [0.05, 0.1) is 11.6 Å². The number of rotatable bonds is 4. The summed E-state index contributed by atoms with van der Waals surface area (Å²) in [5.41, 5.74) is 9.54. The van der Waals surface area contributed by atoms with Crippen LogP contribution in [0.2, 0.25) is 0 Å². The van der Waals surface area contributed by atoms with Gasteiger partial charge in [0.2, 0.25) is 5.91 Å². The SMILES string of the molecule is CC(NC(C)(C)C(N)=O)C(N)=NO. The number of amidine groups is 1. The Bertz CT molecular complexity index is 225. The second kappa shape index (κ2) is 4.08. The molecule has 1 unspecified atom stereocenters. The first-order valence-electron chi connectivity index (χ1n) is 3.86. The predicted molar refractivity (Wildman–Crippen MR) is 49.3 cm³/mol. The molecular formula is C7H16N4O2. The molecule has 0 rings (SSSR count). The first kappa shape index (κ1) is 11.7. The van der Waals surface area contributed by atoms with Crippen LogP contribution in [-0.2, 0) is 4.79 Å². The first-order valence-corrected chi connectivity index (χ1v) is 3.86. The molecule has 0 aromatic rings. The van der Waals surface area contributed by atoms with Gasteiger partial charge in [-0.1, -0.05) is 5.16 Å². The van der Waals surface area contributed by atoms with E-state index in [2.05, 4.69) is 10.5 Å². The molecule has 76 valence electrons. The molecule has 6 heteroatoms. The van der Waals surface area contributed by atoms with Crippen LogP contribution in [-0.4, -0.2) is 28.5 Å². The van der Waals surface area contributed by atoms with Crippen molar-refractivity contribution in [3.8, 4) is 0 Å². The Morgan fingerprint density at radius 1 is 1.54 bits per heavy atom. The van der Waals surface area contributed by atoms with E-state index in [-0.39, 0.29) is 5.84 Å². The number of oxime groups is 1. The van der Waals surface area contributed by atoms with Crippen molar-refractivity contribution in [3.63, 3.8) is 0 Å². The summed E-state index contributed by atoms with van der Waals surface area (Å²) in [6.07, 6.45) is 0. The van der Waals surface area contributed by atoms with E-state index in [1.54, 1.807) is 20.8 Å². The standard InChI is InChI=1S/C7H16N4O2/c1-4(5(8)11-13)10-7(2,3)6(9)12/h4,10,13H,1-3H3,(H2,8,11)(H2,9,12). The Kier molecular flexibility index (Phi) is 3.68. The van der Waals surface area contributed by atoms with Gasteiger partial charge in [0.1, 0.15) is 0 Å². The van der Waals surface area contributed by atoms with Gasteiger partial charge in [0.15, 0.2) is 5.84 Å². The molecule has 0 radical (unpaired) electrons. The Morgan fingerprint density at radius 2 is 2.00 bits per heavy atom. The molecule has 6 N–H and O–H groups in total. The molecule has 0 aliphatic carbocycles. The summed E-state index contributed by atoms with van der Waals surface area (Å²) in [4.78, 5) is 10.9. The molecule has 0 spiro atoms. The third-order valence-electron chi connectivity index (χ3n) is 1.75. The number of nitrogens with zero attached hydrogens (tertiary/aromatic N) is 1. The number of hydrogen-bond donors (Lipinski definition) is 4. The van der Waals surface area contributed by atoms with Crippen LogP contribution in [0.15, 0.2) is 5.16 Å². The highest BCUT2D eigenvalue weighted by atomic mass is 16.4. The quantitative estimate of drug-likeness (QED) is 0.195. The number of nitrogens with two attached hydrogens (primary N) is 2. The lowest BCUT2D eigenvalue weighted by Gasteiger charge is -2.26. The second-order valence-corrected chi connectivity index (χ2v) is 3.38. The maximum Gasteiger partial charge on any atom is 0.237 e. The zero-order valence-corrected chi connectivity index (χ0v) is 8.03. The highest BCUT2D eigenvalue weighted by molar-refractivity contribution is 5.88. The largest absolute Gasteiger partial charge is 0.409 e. The van der Waals surface area contributed by atoms with E-state index < -0.39 is 17.5 Å².